The molecular formula is C22H15N7O3S. The second-order valence-corrected chi connectivity index (χ2v) is 7.91. The van der Waals surface area contributed by atoms with Crippen LogP contribution in [0.15, 0.2) is 82.3 Å². The first-order valence-corrected chi connectivity index (χ1v) is 10.6. The molecular weight excluding hydrogens is 442 g/mol. The van der Waals surface area contributed by atoms with E-state index in [4.69, 9.17) is 5.73 Å². The van der Waals surface area contributed by atoms with Gasteiger partial charge in [-0.25, -0.2) is 9.50 Å². The number of rotatable bonds is 5. The zero-order valence-electron chi connectivity index (χ0n) is 16.9. The Kier molecular flexibility index (Phi) is 4.99. The van der Waals surface area contributed by atoms with Gasteiger partial charge in [-0.3, -0.25) is 10.1 Å². The highest BCUT2D eigenvalue weighted by Crippen LogP contribution is 2.37. The maximum Gasteiger partial charge on any atom is 0.269 e. The molecule has 33 heavy (non-hydrogen) atoms. The molecule has 0 saturated carbocycles. The number of thiophene rings is 1. The lowest BCUT2D eigenvalue weighted by molar-refractivity contribution is -0.384. The van der Waals surface area contributed by atoms with Gasteiger partial charge in [0.25, 0.3) is 5.69 Å². The molecule has 0 aliphatic carbocycles. The molecule has 0 saturated heterocycles. The summed E-state index contributed by atoms with van der Waals surface area (Å²) in [6, 6.07) is 18.3. The SMILES string of the molecule is Nc1nn2c(-c3cccs3)cc(-c3ccccc3O)nc2c1N=Nc1ccc([N+](=O)[O-])cc1. The number of benzene rings is 2. The fourth-order valence-electron chi connectivity index (χ4n) is 3.30. The Morgan fingerprint density at radius 2 is 1.85 bits per heavy atom. The summed E-state index contributed by atoms with van der Waals surface area (Å²) in [6.07, 6.45) is 0. The Balaban J connectivity index is 1.67. The lowest BCUT2D eigenvalue weighted by Crippen LogP contribution is -1.98. The molecule has 2 aromatic carbocycles. The Morgan fingerprint density at radius 3 is 2.55 bits per heavy atom. The smallest absolute Gasteiger partial charge is 0.269 e. The summed E-state index contributed by atoms with van der Waals surface area (Å²) in [7, 11) is 0. The van der Waals surface area contributed by atoms with E-state index in [0.29, 0.717) is 22.6 Å². The number of non-ortho nitro benzene ring substituents is 1. The minimum absolute atomic E-state index is 0.0426. The summed E-state index contributed by atoms with van der Waals surface area (Å²) in [5.74, 6) is 0.216. The molecule has 11 heteroatoms. The first-order chi connectivity index (χ1) is 16.0. The molecule has 162 valence electrons. The molecule has 3 N–H and O–H groups in total. The second kappa shape index (κ2) is 8.13. The normalized spacial score (nSPS) is 11.4. The number of anilines is 1. The van der Waals surface area contributed by atoms with Crippen LogP contribution in [0.25, 0.3) is 27.5 Å². The molecule has 5 rings (SSSR count). The van der Waals surface area contributed by atoms with Crippen molar-refractivity contribution in [3.63, 3.8) is 0 Å². The largest absolute Gasteiger partial charge is 0.507 e. The monoisotopic (exact) mass is 457 g/mol. The van der Waals surface area contributed by atoms with Crippen LogP contribution in [0, 0.1) is 10.1 Å². The molecule has 10 nitrogen and oxygen atoms in total. The zero-order chi connectivity index (χ0) is 22.9. The molecule has 0 fully saturated rings. The van der Waals surface area contributed by atoms with Crippen LogP contribution < -0.4 is 5.73 Å². The number of aromatic hydroxyl groups is 1. The fourth-order valence-corrected chi connectivity index (χ4v) is 4.02. The molecule has 0 aliphatic rings. The number of fused-ring (bicyclic) bond motifs is 1. The number of hydrogen-bond acceptors (Lipinski definition) is 9. The number of nitrogens with zero attached hydrogens (tertiary/aromatic N) is 6. The summed E-state index contributed by atoms with van der Waals surface area (Å²) in [6.45, 7) is 0. The van der Waals surface area contributed by atoms with Gasteiger partial charge in [-0.05, 0) is 41.8 Å². The first kappa shape index (κ1) is 20.3. The summed E-state index contributed by atoms with van der Waals surface area (Å²) >= 11 is 1.53. The van der Waals surface area contributed by atoms with Crippen LogP contribution in [0.5, 0.6) is 5.75 Å². The third-order valence-electron chi connectivity index (χ3n) is 4.87. The number of nitrogens with two attached hydrogens (primary N) is 1. The predicted octanol–water partition coefficient (Wildman–Crippen LogP) is 5.74. The Labute approximate surface area is 190 Å². The van der Waals surface area contributed by atoms with Gasteiger partial charge < -0.3 is 10.8 Å². The highest BCUT2D eigenvalue weighted by atomic mass is 32.1. The van der Waals surface area contributed by atoms with Gasteiger partial charge in [0.2, 0.25) is 0 Å². The van der Waals surface area contributed by atoms with E-state index in [2.05, 4.69) is 20.3 Å². The van der Waals surface area contributed by atoms with E-state index < -0.39 is 4.92 Å². The number of azo groups is 1. The van der Waals surface area contributed by atoms with Crippen LogP contribution in [0.2, 0.25) is 0 Å². The number of nitro benzene ring substituents is 1. The van der Waals surface area contributed by atoms with Crippen molar-refractivity contribution in [3.05, 3.63) is 82.2 Å². The third kappa shape index (κ3) is 3.77. The van der Waals surface area contributed by atoms with Crippen molar-refractivity contribution >= 4 is 39.9 Å². The van der Waals surface area contributed by atoms with E-state index in [1.165, 1.54) is 35.6 Å². The zero-order valence-corrected chi connectivity index (χ0v) is 17.7. The minimum atomic E-state index is -0.485. The van der Waals surface area contributed by atoms with Gasteiger partial charge in [0.15, 0.2) is 17.2 Å². The molecule has 3 heterocycles. The standard InChI is InChI=1S/C22H15N7O3S/c23-21-20(26-25-13-7-9-14(10-8-13)29(31)32)22-24-16(15-4-1-2-5-18(15)30)12-17(28(22)27-21)19-6-3-11-33-19/h1-12,30H,(H2,23,27). The number of para-hydroxylation sites is 1. The van der Waals surface area contributed by atoms with Crippen molar-refractivity contribution < 1.29 is 10.0 Å². The van der Waals surface area contributed by atoms with Crippen molar-refractivity contribution in [1.82, 2.24) is 14.6 Å². The van der Waals surface area contributed by atoms with E-state index >= 15 is 0 Å². The number of aromatic nitrogens is 3. The average Bonchev–Trinajstić information content (AvgIpc) is 3.45. The number of nitro groups is 1. The molecule has 0 spiro atoms. The minimum Gasteiger partial charge on any atom is -0.507 e. The summed E-state index contributed by atoms with van der Waals surface area (Å²) in [5, 5.41) is 36.0. The van der Waals surface area contributed by atoms with Crippen molar-refractivity contribution in [3.8, 4) is 27.6 Å². The molecule has 0 unspecified atom stereocenters. The highest BCUT2D eigenvalue weighted by Gasteiger charge is 2.19. The van der Waals surface area contributed by atoms with E-state index in [0.717, 1.165) is 10.6 Å². The highest BCUT2D eigenvalue weighted by molar-refractivity contribution is 7.13. The maximum absolute atomic E-state index is 10.8. The Bertz CT molecular complexity index is 1510. The summed E-state index contributed by atoms with van der Waals surface area (Å²) in [4.78, 5) is 16.0. The van der Waals surface area contributed by atoms with Gasteiger partial charge >= 0.3 is 0 Å². The predicted molar refractivity (Wildman–Crippen MR) is 125 cm³/mol. The van der Waals surface area contributed by atoms with Gasteiger partial charge in [0.1, 0.15) is 5.75 Å². The van der Waals surface area contributed by atoms with Gasteiger partial charge in [-0.15, -0.1) is 21.5 Å². The van der Waals surface area contributed by atoms with Crippen molar-refractivity contribution in [2.75, 3.05) is 5.73 Å². The van der Waals surface area contributed by atoms with Crippen molar-refractivity contribution in [2.24, 2.45) is 10.2 Å². The lowest BCUT2D eigenvalue weighted by Gasteiger charge is -2.08. The van der Waals surface area contributed by atoms with E-state index in [1.807, 2.05) is 29.6 Å². The van der Waals surface area contributed by atoms with Crippen LogP contribution in [-0.4, -0.2) is 24.6 Å². The number of phenolic OH excluding ortho intramolecular Hbond substituents is 1. The van der Waals surface area contributed by atoms with Gasteiger partial charge in [-0.2, -0.15) is 5.11 Å². The van der Waals surface area contributed by atoms with Crippen LogP contribution >= 0.6 is 11.3 Å². The summed E-state index contributed by atoms with van der Waals surface area (Å²) < 4.78 is 1.59. The van der Waals surface area contributed by atoms with Crippen molar-refractivity contribution in [2.45, 2.75) is 0 Å². The molecule has 0 amide bonds. The summed E-state index contributed by atoms with van der Waals surface area (Å²) in [5.41, 5.74) is 8.96. The quantitative estimate of drug-likeness (QED) is 0.196. The average molecular weight is 457 g/mol. The van der Waals surface area contributed by atoms with Crippen LogP contribution in [0.3, 0.4) is 0 Å². The molecule has 3 aromatic heterocycles. The topological polar surface area (TPSA) is 144 Å². The molecule has 0 radical (unpaired) electrons. The molecule has 5 aromatic rings. The first-order valence-electron chi connectivity index (χ1n) is 9.69. The third-order valence-corrected chi connectivity index (χ3v) is 5.76. The van der Waals surface area contributed by atoms with E-state index in [-0.39, 0.29) is 22.9 Å². The van der Waals surface area contributed by atoms with E-state index in [1.54, 1.807) is 22.7 Å². The van der Waals surface area contributed by atoms with E-state index in [9.17, 15) is 15.2 Å². The van der Waals surface area contributed by atoms with Crippen molar-refractivity contribution in [1.29, 1.82) is 0 Å². The Hall–Kier alpha value is -4.64. The number of nitrogen functional groups attached to an aromatic ring is 1. The lowest BCUT2D eigenvalue weighted by atomic mass is 10.1. The molecule has 0 atom stereocenters. The van der Waals surface area contributed by atoms with Gasteiger partial charge in [0.05, 0.1) is 26.9 Å². The van der Waals surface area contributed by atoms with Crippen LogP contribution in [0.4, 0.5) is 22.9 Å². The Morgan fingerprint density at radius 1 is 1.06 bits per heavy atom. The van der Waals surface area contributed by atoms with Gasteiger partial charge in [-0.1, -0.05) is 18.2 Å². The number of phenols is 1. The van der Waals surface area contributed by atoms with Crippen LogP contribution in [0.1, 0.15) is 0 Å². The fraction of sp³-hybridized carbons (Fsp3) is 0. The molecule has 0 aliphatic heterocycles. The molecule has 0 bridgehead atoms. The number of hydrogen-bond donors (Lipinski definition) is 2. The van der Waals surface area contributed by atoms with Gasteiger partial charge in [0, 0.05) is 17.7 Å². The van der Waals surface area contributed by atoms with Crippen LogP contribution in [-0.2, 0) is 0 Å². The second-order valence-electron chi connectivity index (χ2n) is 6.96. The maximum atomic E-state index is 10.8.